The number of anilines is 3. The van der Waals surface area contributed by atoms with Crippen molar-refractivity contribution < 1.29 is 13.2 Å². The van der Waals surface area contributed by atoms with Crippen molar-refractivity contribution >= 4 is 56.2 Å². The minimum atomic E-state index is -3.86. The van der Waals surface area contributed by atoms with Crippen LogP contribution < -0.4 is 14.9 Å². The fraction of sp³-hybridized carbons (Fsp3) is 0.138. The Morgan fingerprint density at radius 2 is 1.53 bits per heavy atom. The third-order valence-corrected chi connectivity index (χ3v) is 8.17. The number of sulfonamides is 1. The summed E-state index contributed by atoms with van der Waals surface area (Å²) in [6.45, 7) is 1.79. The molecule has 0 radical (unpaired) electrons. The fourth-order valence-electron chi connectivity index (χ4n) is 4.51. The number of rotatable bonds is 7. The van der Waals surface area contributed by atoms with Crippen LogP contribution in [0.4, 0.5) is 17.1 Å². The highest BCUT2D eigenvalue weighted by Gasteiger charge is 2.17. The minimum absolute atomic E-state index is 0.0373. The van der Waals surface area contributed by atoms with E-state index in [1.807, 2.05) is 12.1 Å². The summed E-state index contributed by atoms with van der Waals surface area (Å²) in [7, 11) is -3.86. The lowest BCUT2D eigenvalue weighted by Gasteiger charge is -2.31. The number of fused-ring (bicyclic) bond motifs is 1. The smallest absolute Gasteiger partial charge is 0.261 e. The van der Waals surface area contributed by atoms with Gasteiger partial charge in [-0.2, -0.15) is 0 Å². The molecule has 4 aromatic rings. The van der Waals surface area contributed by atoms with Gasteiger partial charge in [0.1, 0.15) is 0 Å². The van der Waals surface area contributed by atoms with Crippen LogP contribution >= 0.6 is 23.2 Å². The lowest BCUT2D eigenvalue weighted by molar-refractivity contribution is 0.102. The first kappa shape index (κ1) is 26.1. The summed E-state index contributed by atoms with van der Waals surface area (Å²) in [5, 5.41) is 3.45. The molecule has 0 aromatic heterocycles. The van der Waals surface area contributed by atoms with Gasteiger partial charge >= 0.3 is 0 Å². The van der Waals surface area contributed by atoms with Crippen LogP contribution in [0.25, 0.3) is 0 Å². The van der Waals surface area contributed by atoms with Gasteiger partial charge in [0.15, 0.2) is 0 Å². The number of carbonyl (C=O) groups excluding carboxylic acids is 1. The number of benzene rings is 4. The van der Waals surface area contributed by atoms with Crippen LogP contribution in [0.2, 0.25) is 10.0 Å². The normalized spacial score (nSPS) is 13.1. The first-order chi connectivity index (χ1) is 18.3. The zero-order chi connectivity index (χ0) is 26.7. The van der Waals surface area contributed by atoms with Gasteiger partial charge < -0.3 is 10.2 Å². The summed E-state index contributed by atoms with van der Waals surface area (Å²) in [6.07, 6.45) is 2.23. The molecule has 9 heteroatoms. The maximum atomic E-state index is 12.8. The molecule has 4 aromatic carbocycles. The topological polar surface area (TPSA) is 78.5 Å². The van der Waals surface area contributed by atoms with E-state index in [4.69, 9.17) is 23.2 Å². The molecule has 0 fully saturated rings. The van der Waals surface area contributed by atoms with E-state index in [0.717, 1.165) is 31.5 Å². The molecule has 0 spiro atoms. The summed E-state index contributed by atoms with van der Waals surface area (Å²) in [4.78, 5) is 15.2. The van der Waals surface area contributed by atoms with Crippen LogP contribution in [0, 0.1) is 0 Å². The number of amides is 1. The van der Waals surface area contributed by atoms with Gasteiger partial charge in [0.2, 0.25) is 0 Å². The zero-order valence-electron chi connectivity index (χ0n) is 20.3. The van der Waals surface area contributed by atoms with E-state index in [0.29, 0.717) is 21.3 Å². The van der Waals surface area contributed by atoms with Crippen molar-refractivity contribution in [3.05, 3.63) is 118 Å². The molecule has 38 heavy (non-hydrogen) atoms. The van der Waals surface area contributed by atoms with Crippen molar-refractivity contribution in [1.29, 1.82) is 0 Å². The molecular weight excluding hydrogens is 541 g/mol. The van der Waals surface area contributed by atoms with Gasteiger partial charge in [-0.15, -0.1) is 0 Å². The number of nitrogens with one attached hydrogen (secondary N) is 2. The highest BCUT2D eigenvalue weighted by Crippen LogP contribution is 2.28. The van der Waals surface area contributed by atoms with Crippen molar-refractivity contribution in [3.8, 4) is 0 Å². The predicted molar refractivity (Wildman–Crippen MR) is 154 cm³/mol. The number of carbonyl (C=O) groups is 1. The number of halogens is 2. The molecule has 1 aliphatic rings. The second-order valence-corrected chi connectivity index (χ2v) is 11.6. The fourth-order valence-corrected chi connectivity index (χ4v) is 6.07. The summed E-state index contributed by atoms with van der Waals surface area (Å²) < 4.78 is 27.9. The standard InChI is InChI=1S/C29H25Cl2N3O3S/c30-23-16-24(31)18-26(17-23)33-38(36,37)27-13-11-25(12-14-27)32-29(35)22-9-7-20(8-10-22)19-34-15-3-5-21-4-1-2-6-28(21)34/h1-2,4,6-14,16-18,33H,3,5,15,19H2,(H,32,35). The lowest BCUT2D eigenvalue weighted by Crippen LogP contribution is -2.28. The van der Waals surface area contributed by atoms with E-state index in [2.05, 4.69) is 39.2 Å². The molecule has 0 saturated heterocycles. The Balaban J connectivity index is 1.21. The second-order valence-electron chi connectivity index (χ2n) is 9.09. The van der Waals surface area contributed by atoms with E-state index in [-0.39, 0.29) is 16.5 Å². The molecular formula is C29H25Cl2N3O3S. The quantitative estimate of drug-likeness (QED) is 0.253. The summed E-state index contributed by atoms with van der Waals surface area (Å²) in [6, 6.07) is 26.4. The highest BCUT2D eigenvalue weighted by atomic mass is 35.5. The van der Waals surface area contributed by atoms with Gasteiger partial charge in [-0.25, -0.2) is 8.42 Å². The first-order valence-electron chi connectivity index (χ1n) is 12.1. The van der Waals surface area contributed by atoms with Crippen molar-refractivity contribution in [3.63, 3.8) is 0 Å². The molecule has 1 heterocycles. The average Bonchev–Trinajstić information content (AvgIpc) is 2.89. The Kier molecular flexibility index (Phi) is 7.61. The van der Waals surface area contributed by atoms with Gasteiger partial charge in [-0.05, 0) is 84.6 Å². The first-order valence-corrected chi connectivity index (χ1v) is 14.3. The second kappa shape index (κ2) is 11.1. The Hall–Kier alpha value is -3.52. The minimum Gasteiger partial charge on any atom is -0.367 e. The monoisotopic (exact) mass is 565 g/mol. The van der Waals surface area contributed by atoms with E-state index < -0.39 is 10.0 Å². The van der Waals surface area contributed by atoms with Crippen molar-refractivity contribution in [2.45, 2.75) is 24.3 Å². The SMILES string of the molecule is O=C(Nc1ccc(S(=O)(=O)Nc2cc(Cl)cc(Cl)c2)cc1)c1ccc(CN2CCCc3ccccc32)cc1. The van der Waals surface area contributed by atoms with Gasteiger partial charge in [-0.1, -0.05) is 53.5 Å². The largest absolute Gasteiger partial charge is 0.367 e. The van der Waals surface area contributed by atoms with Crippen LogP contribution in [0.5, 0.6) is 0 Å². The van der Waals surface area contributed by atoms with Crippen LogP contribution in [-0.4, -0.2) is 20.9 Å². The zero-order valence-corrected chi connectivity index (χ0v) is 22.7. The molecule has 0 atom stereocenters. The van der Waals surface area contributed by atoms with Gasteiger partial charge in [-0.3, -0.25) is 9.52 Å². The number of hydrogen-bond acceptors (Lipinski definition) is 4. The van der Waals surface area contributed by atoms with Crippen LogP contribution in [0.1, 0.15) is 27.9 Å². The highest BCUT2D eigenvalue weighted by molar-refractivity contribution is 7.92. The predicted octanol–water partition coefficient (Wildman–Crippen LogP) is 7.00. The molecule has 1 amide bonds. The lowest BCUT2D eigenvalue weighted by atomic mass is 10.0. The van der Waals surface area contributed by atoms with E-state index in [1.54, 1.807) is 24.3 Å². The summed E-state index contributed by atoms with van der Waals surface area (Å²) in [5.74, 6) is -0.276. The van der Waals surface area contributed by atoms with E-state index in [1.165, 1.54) is 41.6 Å². The third-order valence-electron chi connectivity index (χ3n) is 6.33. The van der Waals surface area contributed by atoms with Gasteiger partial charge in [0, 0.05) is 40.1 Å². The van der Waals surface area contributed by atoms with Crippen molar-refractivity contribution in [2.75, 3.05) is 21.5 Å². The maximum Gasteiger partial charge on any atom is 0.261 e. The van der Waals surface area contributed by atoms with Crippen LogP contribution in [0.3, 0.4) is 0 Å². The molecule has 194 valence electrons. The molecule has 5 rings (SSSR count). The van der Waals surface area contributed by atoms with Crippen LogP contribution in [0.15, 0.2) is 95.9 Å². The Morgan fingerprint density at radius 3 is 2.24 bits per heavy atom. The van der Waals surface area contributed by atoms with E-state index in [9.17, 15) is 13.2 Å². The Morgan fingerprint density at radius 1 is 0.842 bits per heavy atom. The molecule has 1 aliphatic heterocycles. The maximum absolute atomic E-state index is 12.8. The number of hydrogen-bond donors (Lipinski definition) is 2. The molecule has 0 saturated carbocycles. The van der Waals surface area contributed by atoms with Gasteiger partial charge in [0.05, 0.1) is 10.6 Å². The third kappa shape index (κ3) is 6.13. The van der Waals surface area contributed by atoms with Crippen LogP contribution in [-0.2, 0) is 23.0 Å². The molecule has 2 N–H and O–H groups in total. The molecule has 0 aliphatic carbocycles. The molecule has 0 unspecified atom stereocenters. The number of nitrogens with zero attached hydrogens (tertiary/aromatic N) is 1. The Labute approximate surface area is 232 Å². The number of para-hydroxylation sites is 1. The van der Waals surface area contributed by atoms with Crippen molar-refractivity contribution in [1.82, 2.24) is 0 Å². The summed E-state index contributed by atoms with van der Waals surface area (Å²) >= 11 is 11.9. The molecule has 0 bridgehead atoms. The van der Waals surface area contributed by atoms with Crippen molar-refractivity contribution in [2.24, 2.45) is 0 Å². The molecule has 6 nitrogen and oxygen atoms in total. The number of aryl methyl sites for hydroxylation is 1. The average molecular weight is 567 g/mol. The Bertz CT molecular complexity index is 1550. The summed E-state index contributed by atoms with van der Waals surface area (Å²) in [5.41, 5.74) is 5.03. The van der Waals surface area contributed by atoms with E-state index >= 15 is 0 Å². The van der Waals surface area contributed by atoms with Gasteiger partial charge in [0.25, 0.3) is 15.9 Å².